The predicted molar refractivity (Wildman–Crippen MR) is 60.0 cm³/mol. The van der Waals surface area contributed by atoms with Crippen LogP contribution < -0.4 is 0 Å². The monoisotopic (exact) mass is 213 g/mol. The van der Waals surface area contributed by atoms with Crippen LogP contribution in [0.25, 0.3) is 0 Å². The molecule has 0 saturated heterocycles. The fourth-order valence-corrected chi connectivity index (χ4v) is 2.84. The fraction of sp³-hybridized carbons (Fsp3) is 0.818. The Morgan fingerprint density at radius 3 is 2.43 bits per heavy atom. The lowest BCUT2D eigenvalue weighted by atomic mass is 10.1. The van der Waals surface area contributed by atoms with Crippen LogP contribution in [0.2, 0.25) is 5.54 Å². The van der Waals surface area contributed by atoms with Gasteiger partial charge in [0.1, 0.15) is 0 Å². The first kappa shape index (κ1) is 11.8. The third kappa shape index (κ3) is 3.84. The van der Waals surface area contributed by atoms with E-state index in [4.69, 9.17) is 8.85 Å². The first-order chi connectivity index (χ1) is 6.74. The van der Waals surface area contributed by atoms with Gasteiger partial charge in [-0.05, 0) is 24.8 Å². The summed E-state index contributed by atoms with van der Waals surface area (Å²) >= 11 is 0. The van der Waals surface area contributed by atoms with Crippen molar-refractivity contribution in [1.29, 1.82) is 0 Å². The van der Waals surface area contributed by atoms with E-state index in [9.17, 15) is 0 Å². The Morgan fingerprint density at radius 2 is 1.93 bits per heavy atom. The molecule has 3 heteroatoms. The summed E-state index contributed by atoms with van der Waals surface area (Å²) < 4.78 is 10.9. The summed E-state index contributed by atoms with van der Waals surface area (Å²) in [5.74, 6) is 0.752. The van der Waals surface area contributed by atoms with Crippen molar-refractivity contribution >= 4 is 9.28 Å². The van der Waals surface area contributed by atoms with Crippen LogP contribution in [0, 0.1) is 5.92 Å². The molecular formula is C11H21O2Si. The lowest BCUT2D eigenvalue weighted by Crippen LogP contribution is -2.22. The van der Waals surface area contributed by atoms with Crippen LogP contribution >= 0.6 is 0 Å². The first-order valence-electron chi connectivity index (χ1n) is 5.48. The molecule has 0 aromatic carbocycles. The highest BCUT2D eigenvalue weighted by molar-refractivity contribution is 6.46. The maximum absolute atomic E-state index is 5.61. The Balaban J connectivity index is 2.22. The minimum atomic E-state index is -1.08. The molecule has 0 aromatic heterocycles. The van der Waals surface area contributed by atoms with Crippen molar-refractivity contribution in [2.24, 2.45) is 5.92 Å². The van der Waals surface area contributed by atoms with Crippen LogP contribution in [0.5, 0.6) is 0 Å². The van der Waals surface area contributed by atoms with E-state index < -0.39 is 9.28 Å². The normalized spacial score (nSPS) is 18.9. The summed E-state index contributed by atoms with van der Waals surface area (Å²) in [7, 11) is 0.655. The second-order valence-electron chi connectivity index (χ2n) is 4.17. The molecule has 0 N–H and O–H groups in total. The molecule has 1 radical (unpaired) electrons. The zero-order valence-corrected chi connectivity index (χ0v) is 10.5. The van der Waals surface area contributed by atoms with E-state index in [1.807, 2.05) is 6.26 Å². The van der Waals surface area contributed by atoms with E-state index in [1.54, 1.807) is 7.11 Å². The molecule has 0 aromatic rings. The highest BCUT2D eigenvalue weighted by atomic mass is 28.3. The van der Waals surface area contributed by atoms with Crippen LogP contribution in [-0.4, -0.2) is 16.4 Å². The maximum Gasteiger partial charge on any atom is 0.460 e. The Kier molecular flexibility index (Phi) is 5.26. The van der Waals surface area contributed by atoms with Crippen LogP contribution in [0.1, 0.15) is 39.5 Å². The largest absolute Gasteiger partial charge is 0.525 e. The third-order valence-electron chi connectivity index (χ3n) is 2.61. The van der Waals surface area contributed by atoms with Gasteiger partial charge >= 0.3 is 9.28 Å². The number of allylic oxidation sites excluding steroid dienone is 1. The van der Waals surface area contributed by atoms with Gasteiger partial charge in [-0.15, -0.1) is 0 Å². The van der Waals surface area contributed by atoms with Gasteiger partial charge in [-0.1, -0.05) is 26.7 Å². The number of hydrogen-bond donors (Lipinski definition) is 0. The second-order valence-corrected chi connectivity index (χ2v) is 6.61. The summed E-state index contributed by atoms with van der Waals surface area (Å²) in [5.41, 5.74) is 0.498. The van der Waals surface area contributed by atoms with Crippen molar-refractivity contribution < 1.29 is 8.85 Å². The van der Waals surface area contributed by atoms with Crippen molar-refractivity contribution in [2.45, 2.75) is 45.1 Å². The molecule has 0 heterocycles. The fourth-order valence-electron chi connectivity index (χ4n) is 1.79. The van der Waals surface area contributed by atoms with Gasteiger partial charge in [0.25, 0.3) is 0 Å². The Morgan fingerprint density at radius 1 is 1.29 bits per heavy atom. The summed E-state index contributed by atoms with van der Waals surface area (Å²) in [6.45, 7) is 4.28. The maximum atomic E-state index is 5.61. The molecule has 81 valence electrons. The van der Waals surface area contributed by atoms with Crippen molar-refractivity contribution in [3.05, 3.63) is 12.3 Å². The smallest absolute Gasteiger partial charge is 0.460 e. The number of hydrogen-bond acceptors (Lipinski definition) is 2. The van der Waals surface area contributed by atoms with Crippen molar-refractivity contribution in [1.82, 2.24) is 0 Å². The summed E-state index contributed by atoms with van der Waals surface area (Å²) in [5, 5.41) is 0. The van der Waals surface area contributed by atoms with Gasteiger partial charge in [-0.2, -0.15) is 0 Å². The minimum Gasteiger partial charge on any atom is -0.525 e. The molecule has 0 spiro atoms. The standard InChI is InChI=1S/C11H21O2Si/c1-10(2)14(12-3)13-9-8-11-6-4-5-7-11/h8-11H,4-7H2,1-3H3. The van der Waals surface area contributed by atoms with Crippen molar-refractivity contribution in [3.63, 3.8) is 0 Å². The van der Waals surface area contributed by atoms with Gasteiger partial charge in [0.05, 0.1) is 6.26 Å². The molecular weight excluding hydrogens is 192 g/mol. The van der Waals surface area contributed by atoms with Gasteiger partial charge < -0.3 is 8.85 Å². The average Bonchev–Trinajstić information content (AvgIpc) is 2.64. The van der Waals surface area contributed by atoms with Crippen LogP contribution in [0.15, 0.2) is 12.3 Å². The molecule has 1 rings (SSSR count). The van der Waals surface area contributed by atoms with Gasteiger partial charge in [-0.3, -0.25) is 0 Å². The molecule has 14 heavy (non-hydrogen) atoms. The Hall–Kier alpha value is -0.283. The summed E-state index contributed by atoms with van der Waals surface area (Å²) in [6.07, 6.45) is 9.49. The highest BCUT2D eigenvalue weighted by Gasteiger charge is 2.19. The van der Waals surface area contributed by atoms with Gasteiger partial charge in [-0.25, -0.2) is 0 Å². The quantitative estimate of drug-likeness (QED) is 0.515. The van der Waals surface area contributed by atoms with E-state index in [2.05, 4.69) is 19.9 Å². The zero-order chi connectivity index (χ0) is 10.4. The molecule has 0 amide bonds. The molecule has 0 aliphatic heterocycles. The topological polar surface area (TPSA) is 18.5 Å². The van der Waals surface area contributed by atoms with Crippen LogP contribution in [-0.2, 0) is 8.85 Å². The third-order valence-corrected chi connectivity index (χ3v) is 4.32. The van der Waals surface area contributed by atoms with Gasteiger partial charge in [0.15, 0.2) is 0 Å². The molecule has 1 fully saturated rings. The van der Waals surface area contributed by atoms with E-state index >= 15 is 0 Å². The summed E-state index contributed by atoms with van der Waals surface area (Å²) in [4.78, 5) is 0. The van der Waals surface area contributed by atoms with E-state index in [0.717, 1.165) is 5.92 Å². The van der Waals surface area contributed by atoms with Crippen molar-refractivity contribution in [2.75, 3.05) is 7.11 Å². The zero-order valence-electron chi connectivity index (χ0n) is 9.45. The minimum absolute atomic E-state index is 0.498. The first-order valence-corrected chi connectivity index (χ1v) is 6.87. The van der Waals surface area contributed by atoms with Crippen LogP contribution in [0.3, 0.4) is 0 Å². The Bertz CT molecular complexity index is 174. The predicted octanol–water partition coefficient (Wildman–Crippen LogP) is 3.25. The highest BCUT2D eigenvalue weighted by Crippen LogP contribution is 2.25. The van der Waals surface area contributed by atoms with Crippen LogP contribution in [0.4, 0.5) is 0 Å². The molecule has 1 aliphatic carbocycles. The van der Waals surface area contributed by atoms with Gasteiger partial charge in [0, 0.05) is 12.7 Å². The molecule has 0 bridgehead atoms. The molecule has 0 unspecified atom stereocenters. The molecule has 0 atom stereocenters. The van der Waals surface area contributed by atoms with Crippen molar-refractivity contribution in [3.8, 4) is 0 Å². The summed E-state index contributed by atoms with van der Waals surface area (Å²) in [6, 6.07) is 0. The van der Waals surface area contributed by atoms with E-state index in [-0.39, 0.29) is 0 Å². The molecule has 2 nitrogen and oxygen atoms in total. The Labute approximate surface area is 89.1 Å². The molecule has 1 aliphatic rings. The average molecular weight is 213 g/mol. The number of rotatable bonds is 5. The SMILES string of the molecule is CO[Si](OC=CC1CCCC1)C(C)C. The lowest BCUT2D eigenvalue weighted by Gasteiger charge is -2.13. The van der Waals surface area contributed by atoms with E-state index in [0.29, 0.717) is 5.54 Å². The molecule has 1 saturated carbocycles. The van der Waals surface area contributed by atoms with Gasteiger partial charge in [0.2, 0.25) is 0 Å². The second kappa shape index (κ2) is 6.25. The van der Waals surface area contributed by atoms with E-state index in [1.165, 1.54) is 25.7 Å². The lowest BCUT2D eigenvalue weighted by molar-refractivity contribution is 0.295.